The summed E-state index contributed by atoms with van der Waals surface area (Å²) in [5.41, 5.74) is 4.71. The Morgan fingerprint density at radius 1 is 1.21 bits per heavy atom. The van der Waals surface area contributed by atoms with Crippen molar-refractivity contribution in [3.63, 3.8) is 0 Å². The van der Waals surface area contributed by atoms with Gasteiger partial charge in [-0.2, -0.15) is 0 Å². The van der Waals surface area contributed by atoms with Crippen molar-refractivity contribution in [2.24, 2.45) is 0 Å². The van der Waals surface area contributed by atoms with E-state index >= 15 is 0 Å². The summed E-state index contributed by atoms with van der Waals surface area (Å²) in [4.78, 5) is 10.7. The number of methoxy groups -OCH3 is 1. The predicted octanol–water partition coefficient (Wildman–Crippen LogP) is 7.62. The van der Waals surface area contributed by atoms with Gasteiger partial charge in [0.1, 0.15) is 5.75 Å². The maximum atomic E-state index is 10.7. The Morgan fingerprint density at radius 3 is 2.39 bits per heavy atom. The topological polar surface area (TPSA) is 67.8 Å². The van der Waals surface area contributed by atoms with Crippen molar-refractivity contribution < 1.29 is 24.8 Å². The number of rotatable bonds is 8. The molecule has 0 radical (unpaired) electrons. The van der Waals surface area contributed by atoms with Gasteiger partial charge in [-0.15, -0.1) is 0 Å². The molecule has 1 heterocycles. The van der Waals surface area contributed by atoms with Gasteiger partial charge in [0.05, 0.1) is 22.2 Å². The Labute approximate surface area is 232 Å². The molecule has 7 heteroatoms. The predicted molar refractivity (Wildman–Crippen MR) is 159 cm³/mol. The van der Waals surface area contributed by atoms with Gasteiger partial charge in [0.2, 0.25) is 0 Å². The van der Waals surface area contributed by atoms with Crippen LogP contribution in [0.2, 0.25) is 18.1 Å². The van der Waals surface area contributed by atoms with Crippen LogP contribution in [0, 0.1) is 0 Å². The number of carboxylic acids is 1. The van der Waals surface area contributed by atoms with Gasteiger partial charge in [0, 0.05) is 11.6 Å². The van der Waals surface area contributed by atoms with Gasteiger partial charge in [0.25, 0.3) is 0 Å². The van der Waals surface area contributed by atoms with Crippen LogP contribution in [0.25, 0.3) is 6.08 Å². The minimum atomic E-state index is -1.89. The van der Waals surface area contributed by atoms with Crippen molar-refractivity contribution >= 4 is 20.4 Å². The van der Waals surface area contributed by atoms with Crippen LogP contribution in [-0.2, 0) is 22.2 Å². The van der Waals surface area contributed by atoms with E-state index in [0.29, 0.717) is 12.4 Å². The lowest BCUT2D eigenvalue weighted by atomic mass is 9.89. The van der Waals surface area contributed by atoms with Gasteiger partial charge in [-0.25, -0.2) is 4.79 Å². The number of ether oxygens (including phenoxy) is 1. The molecule has 2 aromatic rings. The van der Waals surface area contributed by atoms with Crippen LogP contribution in [-0.4, -0.2) is 46.7 Å². The first-order valence-corrected chi connectivity index (χ1v) is 16.2. The van der Waals surface area contributed by atoms with Gasteiger partial charge in [-0.1, -0.05) is 64.1 Å². The highest BCUT2D eigenvalue weighted by Gasteiger charge is 2.37. The first kappa shape index (κ1) is 31.7. The third kappa shape index (κ3) is 10.7. The molecule has 1 aliphatic heterocycles. The van der Waals surface area contributed by atoms with E-state index in [4.69, 9.17) is 15.6 Å². The Morgan fingerprint density at radius 2 is 1.84 bits per heavy atom. The average Bonchev–Trinajstić information content (AvgIpc) is 2.91. The van der Waals surface area contributed by atoms with E-state index in [0.717, 1.165) is 29.5 Å². The highest BCUT2D eigenvalue weighted by molar-refractivity contribution is 6.74. The van der Waals surface area contributed by atoms with Gasteiger partial charge >= 0.3 is 5.97 Å². The zero-order valence-electron chi connectivity index (χ0n) is 25.3. The van der Waals surface area contributed by atoms with Crippen LogP contribution < -0.4 is 10.1 Å². The molecule has 0 aromatic heterocycles. The Kier molecular flexibility index (Phi) is 13.8. The zero-order chi connectivity index (χ0) is 29.5. The number of hydrogen-bond donors (Lipinski definition) is 2. The molecule has 2 aromatic carbocycles. The highest BCUT2D eigenvalue weighted by Crippen LogP contribution is 2.38. The average molecular weight is 547 g/mol. The summed E-state index contributed by atoms with van der Waals surface area (Å²) in [7, 11) is -1.28. The van der Waals surface area contributed by atoms with Gasteiger partial charge < -0.3 is 19.6 Å². The molecular formula is C31H48FNO4Si. The van der Waals surface area contributed by atoms with E-state index < -0.39 is 21.4 Å². The number of hydrogen-bond acceptors (Lipinski definition) is 4. The molecule has 1 saturated heterocycles. The number of carboxylic acid groups (broad SMARTS) is 1. The summed E-state index contributed by atoms with van der Waals surface area (Å²) < 4.78 is 27.1. The molecule has 1 aliphatic rings. The molecule has 1 fully saturated rings. The van der Waals surface area contributed by atoms with Crippen LogP contribution in [0.15, 0.2) is 48.5 Å². The quantitative estimate of drug-likeness (QED) is 0.263. The number of alkyl halides is 1. The van der Waals surface area contributed by atoms with Crippen molar-refractivity contribution in [2.75, 3.05) is 27.4 Å². The van der Waals surface area contributed by atoms with Crippen molar-refractivity contribution in [3.8, 4) is 5.75 Å². The van der Waals surface area contributed by atoms with Crippen LogP contribution in [0.5, 0.6) is 5.75 Å². The Bertz CT molecular complexity index is 1030. The minimum Gasteiger partial charge on any atom is -0.496 e. The van der Waals surface area contributed by atoms with Crippen LogP contribution in [0.3, 0.4) is 0 Å². The molecule has 0 unspecified atom stereocenters. The van der Waals surface area contributed by atoms with E-state index in [2.05, 4.69) is 70.4 Å². The molecular weight excluding hydrogens is 497 g/mol. The van der Waals surface area contributed by atoms with E-state index in [1.165, 1.54) is 31.5 Å². The number of nitrogens with one attached hydrogen (secondary N) is 1. The summed E-state index contributed by atoms with van der Waals surface area (Å²) in [6.07, 6.45) is 6.46. The molecule has 0 spiro atoms. The van der Waals surface area contributed by atoms with E-state index in [1.54, 1.807) is 18.7 Å². The van der Waals surface area contributed by atoms with E-state index in [9.17, 15) is 9.18 Å². The van der Waals surface area contributed by atoms with Gasteiger partial charge in [-0.05, 0) is 85.2 Å². The zero-order valence-corrected chi connectivity index (χ0v) is 25.3. The maximum absolute atomic E-state index is 10.7. The van der Waals surface area contributed by atoms with E-state index in [1.807, 2.05) is 18.2 Å². The second kappa shape index (κ2) is 16.5. The largest absolute Gasteiger partial charge is 0.496 e. The standard InChI is InChI=1S/C17H26O4Si.C13H19N.CH3F/c1-17(2,3)22(5,6)21-12-14-13(10-11-16(18)19)8-7-9-15(14)20-4;1-2-11-4-3-5-13(10-11)12-6-8-14-9-7-12;1-2/h7-11H,12H2,1-6H3,(H,18,19);3-5,10,12,14H,2,6-9H2,1H3;1H3/b11-10+;;/i;;1D. The van der Waals surface area contributed by atoms with Crippen LogP contribution in [0.1, 0.15) is 70.1 Å². The summed E-state index contributed by atoms with van der Waals surface area (Å²) >= 11 is 0. The molecule has 3 rings (SSSR count). The fourth-order valence-corrected chi connectivity index (χ4v) is 4.88. The smallest absolute Gasteiger partial charge is 0.328 e. The molecule has 0 aliphatic carbocycles. The highest BCUT2D eigenvalue weighted by atomic mass is 28.4. The van der Waals surface area contributed by atoms with Crippen LogP contribution >= 0.6 is 0 Å². The lowest BCUT2D eigenvalue weighted by molar-refractivity contribution is -0.131. The minimum absolute atomic E-state index is 0.117. The van der Waals surface area contributed by atoms with Crippen LogP contribution in [0.4, 0.5) is 4.39 Å². The van der Waals surface area contributed by atoms with Crippen molar-refractivity contribution in [2.45, 2.75) is 77.6 Å². The molecule has 38 heavy (non-hydrogen) atoms. The summed E-state index contributed by atoms with van der Waals surface area (Å²) in [6.45, 7) is 15.9. The molecule has 0 atom stereocenters. The van der Waals surface area contributed by atoms with Crippen molar-refractivity contribution in [3.05, 3.63) is 70.8 Å². The molecule has 2 N–H and O–H groups in total. The monoisotopic (exact) mass is 546 g/mol. The summed E-state index contributed by atoms with van der Waals surface area (Å²) in [6, 6.07) is 14.7. The SMILES string of the molecule is CCc1cccc(C2CCNCC2)c1.COc1cccc(/C=C/C(=O)O)c1CO[Si](C)(C)C(C)(C)C.[2H]CF. The Hall–Kier alpha value is -2.48. The Balaban J connectivity index is 0.000000380. The first-order valence-electron chi connectivity index (χ1n) is 14.0. The number of aliphatic carboxylic acids is 1. The number of aryl methyl sites for hydroxylation is 1. The van der Waals surface area contributed by atoms with Crippen molar-refractivity contribution in [1.82, 2.24) is 5.32 Å². The molecule has 5 nitrogen and oxygen atoms in total. The normalized spacial score (nSPS) is 14.6. The van der Waals surface area contributed by atoms with Crippen molar-refractivity contribution in [1.29, 1.82) is 0 Å². The molecule has 0 bridgehead atoms. The number of halogens is 1. The summed E-state index contributed by atoms with van der Waals surface area (Å²) in [5, 5.41) is 12.3. The molecule has 212 valence electrons. The lowest BCUT2D eigenvalue weighted by Gasteiger charge is -2.36. The number of carbonyl (C=O) groups is 1. The third-order valence-corrected chi connectivity index (χ3v) is 11.8. The number of piperidine rings is 1. The fraction of sp³-hybridized carbons (Fsp3) is 0.516. The third-order valence-electron chi connectivity index (χ3n) is 7.35. The lowest BCUT2D eigenvalue weighted by Crippen LogP contribution is -2.40. The van der Waals surface area contributed by atoms with Gasteiger partial charge in [-0.3, -0.25) is 4.39 Å². The number of benzene rings is 2. The van der Waals surface area contributed by atoms with E-state index in [-0.39, 0.29) is 5.04 Å². The van der Waals surface area contributed by atoms with Gasteiger partial charge in [0.15, 0.2) is 8.32 Å². The second-order valence-corrected chi connectivity index (χ2v) is 15.7. The molecule has 0 amide bonds. The first-order chi connectivity index (χ1) is 18.4. The molecule has 0 saturated carbocycles. The second-order valence-electron chi connectivity index (χ2n) is 10.9. The fourth-order valence-electron chi connectivity index (χ4n) is 3.94. The maximum Gasteiger partial charge on any atom is 0.328 e. The summed E-state index contributed by atoms with van der Waals surface area (Å²) in [5.74, 6) is 0.535.